The van der Waals surface area contributed by atoms with Crippen LogP contribution >= 0.6 is 0 Å². The van der Waals surface area contributed by atoms with Gasteiger partial charge in [-0.3, -0.25) is 0 Å². The van der Waals surface area contributed by atoms with E-state index >= 15 is 0 Å². The summed E-state index contributed by atoms with van der Waals surface area (Å²) in [7, 11) is 0. The second-order valence-electron chi connectivity index (χ2n) is 5.16. The van der Waals surface area contributed by atoms with E-state index < -0.39 is 0 Å². The summed E-state index contributed by atoms with van der Waals surface area (Å²) in [4.78, 5) is 0. The van der Waals surface area contributed by atoms with E-state index in [1.54, 1.807) is 12.1 Å². The van der Waals surface area contributed by atoms with Crippen molar-refractivity contribution in [3.05, 3.63) is 30.1 Å². The predicted molar refractivity (Wildman–Crippen MR) is 71.1 cm³/mol. The molecule has 100 valence electrons. The molecule has 0 saturated heterocycles. The highest BCUT2D eigenvalue weighted by Gasteiger charge is 2.20. The molecule has 18 heavy (non-hydrogen) atoms. The maximum atomic E-state index is 12.9. The molecule has 2 N–H and O–H groups in total. The topological polar surface area (TPSA) is 35.2 Å². The number of halogens is 1. The van der Waals surface area contributed by atoms with Gasteiger partial charge in [0.2, 0.25) is 0 Å². The van der Waals surface area contributed by atoms with Crippen molar-refractivity contribution in [1.29, 1.82) is 0 Å². The molecule has 1 aliphatic carbocycles. The molecule has 0 aliphatic heterocycles. The molecule has 0 bridgehead atoms. The van der Waals surface area contributed by atoms with Crippen molar-refractivity contribution in [3.8, 4) is 5.75 Å². The van der Waals surface area contributed by atoms with E-state index in [1.165, 1.54) is 44.2 Å². The van der Waals surface area contributed by atoms with E-state index in [2.05, 4.69) is 0 Å². The van der Waals surface area contributed by atoms with Gasteiger partial charge in [-0.1, -0.05) is 25.3 Å². The molecule has 2 nitrogen and oxygen atoms in total. The van der Waals surface area contributed by atoms with Gasteiger partial charge in [0.15, 0.2) is 0 Å². The van der Waals surface area contributed by atoms with Crippen molar-refractivity contribution in [3.63, 3.8) is 0 Å². The highest BCUT2D eigenvalue weighted by Crippen LogP contribution is 2.26. The Morgan fingerprint density at radius 1 is 1.28 bits per heavy atom. The Labute approximate surface area is 108 Å². The second kappa shape index (κ2) is 6.74. The third-order valence-corrected chi connectivity index (χ3v) is 3.77. The normalized spacial score (nSPS) is 18.6. The van der Waals surface area contributed by atoms with Gasteiger partial charge in [0.05, 0.1) is 6.61 Å². The SMILES string of the molecule is NC(CCOc1cccc(F)c1)C1CCCCC1. The lowest BCUT2D eigenvalue weighted by atomic mass is 9.83. The Morgan fingerprint density at radius 3 is 2.78 bits per heavy atom. The van der Waals surface area contributed by atoms with Crippen LogP contribution in [0.2, 0.25) is 0 Å². The van der Waals surface area contributed by atoms with Crippen molar-refractivity contribution in [2.75, 3.05) is 6.61 Å². The van der Waals surface area contributed by atoms with Crippen molar-refractivity contribution in [2.24, 2.45) is 11.7 Å². The van der Waals surface area contributed by atoms with Gasteiger partial charge >= 0.3 is 0 Å². The van der Waals surface area contributed by atoms with Crippen LogP contribution in [0, 0.1) is 11.7 Å². The molecule has 2 rings (SSSR count). The van der Waals surface area contributed by atoms with Crippen molar-refractivity contribution in [2.45, 2.75) is 44.6 Å². The third kappa shape index (κ3) is 3.98. The molecular weight excluding hydrogens is 229 g/mol. The number of hydrogen-bond donors (Lipinski definition) is 1. The number of nitrogens with two attached hydrogens (primary N) is 1. The molecule has 0 amide bonds. The maximum absolute atomic E-state index is 12.9. The summed E-state index contributed by atoms with van der Waals surface area (Å²) in [5.74, 6) is 0.977. The van der Waals surface area contributed by atoms with E-state index in [0.717, 1.165) is 6.42 Å². The van der Waals surface area contributed by atoms with Crippen LogP contribution in [0.5, 0.6) is 5.75 Å². The molecule has 0 spiro atoms. The minimum absolute atomic E-state index is 0.221. The van der Waals surface area contributed by atoms with Gasteiger partial charge in [-0.15, -0.1) is 0 Å². The number of hydrogen-bond acceptors (Lipinski definition) is 2. The fourth-order valence-electron chi connectivity index (χ4n) is 2.67. The molecule has 0 heterocycles. The van der Waals surface area contributed by atoms with Crippen LogP contribution in [0.25, 0.3) is 0 Å². The van der Waals surface area contributed by atoms with Gasteiger partial charge in [0.25, 0.3) is 0 Å². The monoisotopic (exact) mass is 251 g/mol. The Kier molecular flexibility index (Phi) is 5.00. The van der Waals surface area contributed by atoms with Gasteiger partial charge < -0.3 is 10.5 Å². The first-order chi connectivity index (χ1) is 8.75. The van der Waals surface area contributed by atoms with Crippen LogP contribution in [-0.4, -0.2) is 12.6 Å². The number of rotatable bonds is 5. The van der Waals surface area contributed by atoms with E-state index in [9.17, 15) is 4.39 Å². The molecule has 1 aliphatic rings. The molecule has 1 atom stereocenters. The maximum Gasteiger partial charge on any atom is 0.126 e. The minimum Gasteiger partial charge on any atom is -0.493 e. The van der Waals surface area contributed by atoms with Gasteiger partial charge in [-0.05, 0) is 37.3 Å². The summed E-state index contributed by atoms with van der Waals surface area (Å²) >= 11 is 0. The lowest BCUT2D eigenvalue weighted by Crippen LogP contribution is -2.33. The van der Waals surface area contributed by atoms with Crippen molar-refractivity contribution < 1.29 is 9.13 Å². The number of benzene rings is 1. The van der Waals surface area contributed by atoms with Crippen LogP contribution in [0.15, 0.2) is 24.3 Å². The summed E-state index contributed by atoms with van der Waals surface area (Å²) in [6, 6.07) is 6.48. The fraction of sp³-hybridized carbons (Fsp3) is 0.600. The average molecular weight is 251 g/mol. The van der Waals surface area contributed by atoms with Crippen molar-refractivity contribution >= 4 is 0 Å². The van der Waals surface area contributed by atoms with Crippen LogP contribution in [0.4, 0.5) is 4.39 Å². The first-order valence-corrected chi connectivity index (χ1v) is 6.89. The average Bonchev–Trinajstić information content (AvgIpc) is 2.40. The summed E-state index contributed by atoms with van der Waals surface area (Å²) in [6.45, 7) is 0.571. The zero-order valence-corrected chi connectivity index (χ0v) is 10.8. The molecule has 1 aromatic carbocycles. The Bertz CT molecular complexity index is 363. The zero-order chi connectivity index (χ0) is 12.8. The van der Waals surface area contributed by atoms with Crippen LogP contribution < -0.4 is 10.5 Å². The molecule has 1 fully saturated rings. The summed E-state index contributed by atoms with van der Waals surface area (Å²) in [5, 5.41) is 0. The van der Waals surface area contributed by atoms with Crippen LogP contribution in [0.1, 0.15) is 38.5 Å². The third-order valence-electron chi connectivity index (χ3n) is 3.77. The summed E-state index contributed by atoms with van der Waals surface area (Å²) < 4.78 is 18.5. The van der Waals surface area contributed by atoms with Gasteiger partial charge in [0, 0.05) is 12.1 Å². The Hall–Kier alpha value is -1.09. The lowest BCUT2D eigenvalue weighted by Gasteiger charge is -2.27. The Morgan fingerprint density at radius 2 is 2.06 bits per heavy atom. The molecule has 0 radical (unpaired) electrons. The highest BCUT2D eigenvalue weighted by atomic mass is 19.1. The lowest BCUT2D eigenvalue weighted by molar-refractivity contribution is 0.243. The zero-order valence-electron chi connectivity index (χ0n) is 10.8. The molecule has 1 unspecified atom stereocenters. The van der Waals surface area contributed by atoms with E-state index in [-0.39, 0.29) is 11.9 Å². The highest BCUT2D eigenvalue weighted by molar-refractivity contribution is 5.22. The molecule has 3 heteroatoms. The first-order valence-electron chi connectivity index (χ1n) is 6.89. The van der Waals surface area contributed by atoms with E-state index in [0.29, 0.717) is 18.3 Å². The standard InChI is InChI=1S/C15H22FNO/c16-13-7-4-8-14(11-13)18-10-9-15(17)12-5-2-1-3-6-12/h4,7-8,11-12,15H,1-3,5-6,9-10,17H2. The van der Waals surface area contributed by atoms with Gasteiger partial charge in [-0.25, -0.2) is 4.39 Å². The van der Waals surface area contributed by atoms with Gasteiger partial charge in [-0.2, -0.15) is 0 Å². The van der Waals surface area contributed by atoms with E-state index in [1.807, 2.05) is 0 Å². The molecular formula is C15H22FNO. The van der Waals surface area contributed by atoms with Crippen molar-refractivity contribution in [1.82, 2.24) is 0 Å². The number of ether oxygens (including phenoxy) is 1. The van der Waals surface area contributed by atoms with Gasteiger partial charge in [0.1, 0.15) is 11.6 Å². The van der Waals surface area contributed by atoms with Crippen LogP contribution in [-0.2, 0) is 0 Å². The first kappa shape index (κ1) is 13.3. The smallest absolute Gasteiger partial charge is 0.126 e. The quantitative estimate of drug-likeness (QED) is 0.869. The molecule has 1 saturated carbocycles. The second-order valence-corrected chi connectivity index (χ2v) is 5.16. The van der Waals surface area contributed by atoms with Crippen LogP contribution in [0.3, 0.4) is 0 Å². The minimum atomic E-state index is -0.260. The fourth-order valence-corrected chi connectivity index (χ4v) is 2.67. The Balaban J connectivity index is 1.71. The molecule has 1 aromatic rings. The molecule has 0 aromatic heterocycles. The predicted octanol–water partition coefficient (Wildman–Crippen LogP) is 3.50. The summed E-state index contributed by atoms with van der Waals surface area (Å²) in [6.07, 6.45) is 7.32. The van der Waals surface area contributed by atoms with E-state index in [4.69, 9.17) is 10.5 Å². The largest absolute Gasteiger partial charge is 0.493 e. The summed E-state index contributed by atoms with van der Waals surface area (Å²) in [5.41, 5.74) is 6.19.